The first-order chi connectivity index (χ1) is 27.5. The summed E-state index contributed by atoms with van der Waals surface area (Å²) in [5.74, 6) is -0.577. The first-order valence-corrected chi connectivity index (χ1v) is 25.4. The van der Waals surface area contributed by atoms with Crippen molar-refractivity contribution in [3.05, 3.63) is 0 Å². The van der Waals surface area contributed by atoms with E-state index in [-0.39, 0.29) is 0 Å². The van der Waals surface area contributed by atoms with Crippen molar-refractivity contribution in [2.45, 2.75) is 308 Å². The van der Waals surface area contributed by atoms with E-state index in [0.29, 0.717) is 12.8 Å². The van der Waals surface area contributed by atoms with E-state index in [1.54, 1.807) is 0 Å². The molecule has 0 saturated heterocycles. The average molecular weight is 796 g/mol. The van der Waals surface area contributed by atoms with Crippen LogP contribution in [-0.4, -0.2) is 57.3 Å². The quantitative estimate of drug-likeness (QED) is 0.0394. The van der Waals surface area contributed by atoms with Crippen LogP contribution in [0.2, 0.25) is 0 Å². The fraction of sp³-hybridized carbons (Fsp3) is 0.980. The van der Waals surface area contributed by atoms with Crippen molar-refractivity contribution in [3.63, 3.8) is 0 Å². The van der Waals surface area contributed by atoms with Gasteiger partial charge in [-0.3, -0.25) is 4.79 Å². The predicted molar refractivity (Wildman–Crippen MR) is 242 cm³/mol. The van der Waals surface area contributed by atoms with Crippen LogP contribution in [0.3, 0.4) is 0 Å². The lowest BCUT2D eigenvalue weighted by atomic mass is 9.99. The van der Waals surface area contributed by atoms with Gasteiger partial charge in [-0.25, -0.2) is 0 Å². The maximum Gasteiger partial charge on any atom is 0.249 e. The standard InChI is InChI=1S/C50H101NO5/c1-3-5-7-9-11-13-15-17-19-20-21-22-23-24-25-26-27-28-29-30-32-34-36-38-40-42-44-48(54)50(56)51-46(45-52)49(55)47(53)43-41-39-37-35-33-31-18-16-14-12-10-8-6-4-2/h46-49,52-55H,3-45H2,1-2H3,(H,51,56)/t46-,47+,48?,49-/m0/s1. The third-order valence-corrected chi connectivity index (χ3v) is 12.3. The highest BCUT2D eigenvalue weighted by molar-refractivity contribution is 5.80. The van der Waals surface area contributed by atoms with E-state index >= 15 is 0 Å². The summed E-state index contributed by atoms with van der Waals surface area (Å²) >= 11 is 0. The van der Waals surface area contributed by atoms with Gasteiger partial charge >= 0.3 is 0 Å². The Kier molecular flexibility index (Phi) is 44.8. The molecule has 0 saturated carbocycles. The van der Waals surface area contributed by atoms with Crippen LogP contribution >= 0.6 is 0 Å². The van der Waals surface area contributed by atoms with Crippen molar-refractivity contribution in [1.82, 2.24) is 5.32 Å². The second kappa shape index (κ2) is 45.4. The van der Waals surface area contributed by atoms with Gasteiger partial charge in [-0.05, 0) is 12.8 Å². The number of unbranched alkanes of at least 4 members (excludes halogenated alkanes) is 38. The summed E-state index contributed by atoms with van der Waals surface area (Å²) in [6.07, 6.45) is 50.1. The summed E-state index contributed by atoms with van der Waals surface area (Å²) in [6.45, 7) is 4.08. The Morgan fingerprint density at radius 2 is 0.607 bits per heavy atom. The number of amides is 1. The number of hydrogen-bond acceptors (Lipinski definition) is 5. The first kappa shape index (κ1) is 55.3. The Balaban J connectivity index is 3.59. The molecule has 0 aromatic rings. The van der Waals surface area contributed by atoms with Gasteiger partial charge in [0, 0.05) is 0 Å². The van der Waals surface area contributed by atoms with Crippen molar-refractivity contribution < 1.29 is 25.2 Å². The van der Waals surface area contributed by atoms with Gasteiger partial charge in [-0.2, -0.15) is 0 Å². The van der Waals surface area contributed by atoms with Crippen LogP contribution < -0.4 is 5.32 Å². The number of aliphatic hydroxyl groups is 4. The van der Waals surface area contributed by atoms with E-state index in [2.05, 4.69) is 19.2 Å². The lowest BCUT2D eigenvalue weighted by Gasteiger charge is -2.27. The van der Waals surface area contributed by atoms with Crippen LogP contribution in [0.4, 0.5) is 0 Å². The Labute approximate surface area is 350 Å². The van der Waals surface area contributed by atoms with Gasteiger partial charge in [0.15, 0.2) is 0 Å². The largest absolute Gasteiger partial charge is 0.394 e. The van der Waals surface area contributed by atoms with Crippen LogP contribution in [0.5, 0.6) is 0 Å². The summed E-state index contributed by atoms with van der Waals surface area (Å²) in [5, 5.41) is 43.8. The number of hydrogen-bond donors (Lipinski definition) is 5. The molecule has 0 aliphatic carbocycles. The lowest BCUT2D eigenvalue weighted by molar-refractivity contribution is -0.132. The molecule has 0 aromatic carbocycles. The van der Waals surface area contributed by atoms with Crippen LogP contribution in [0.1, 0.15) is 284 Å². The maximum atomic E-state index is 12.5. The smallest absolute Gasteiger partial charge is 0.249 e. The van der Waals surface area contributed by atoms with Gasteiger partial charge in [0.2, 0.25) is 5.91 Å². The van der Waals surface area contributed by atoms with Crippen molar-refractivity contribution in [2.75, 3.05) is 6.61 Å². The summed E-state index contributed by atoms with van der Waals surface area (Å²) in [5.41, 5.74) is 0. The lowest BCUT2D eigenvalue weighted by Crippen LogP contribution is -2.53. The summed E-state index contributed by atoms with van der Waals surface area (Å²) < 4.78 is 0. The van der Waals surface area contributed by atoms with Gasteiger partial charge in [0.25, 0.3) is 0 Å². The van der Waals surface area contributed by atoms with E-state index in [4.69, 9.17) is 0 Å². The molecule has 0 spiro atoms. The summed E-state index contributed by atoms with van der Waals surface area (Å²) in [6, 6.07) is -0.979. The number of aliphatic hydroxyl groups excluding tert-OH is 4. The summed E-state index contributed by atoms with van der Waals surface area (Å²) in [4.78, 5) is 12.5. The summed E-state index contributed by atoms with van der Waals surface area (Å²) in [7, 11) is 0. The average Bonchev–Trinajstić information content (AvgIpc) is 3.20. The topological polar surface area (TPSA) is 110 Å². The molecule has 0 bridgehead atoms. The van der Waals surface area contributed by atoms with Gasteiger partial charge < -0.3 is 25.7 Å². The minimum Gasteiger partial charge on any atom is -0.394 e. The molecule has 0 aliphatic heterocycles. The molecular weight excluding hydrogens is 695 g/mol. The molecule has 0 aliphatic rings. The third-order valence-electron chi connectivity index (χ3n) is 12.3. The predicted octanol–water partition coefficient (Wildman–Crippen LogP) is 14.0. The zero-order chi connectivity index (χ0) is 41.0. The van der Waals surface area contributed by atoms with Crippen LogP contribution in [0.15, 0.2) is 0 Å². The van der Waals surface area contributed by atoms with Crippen molar-refractivity contribution in [3.8, 4) is 0 Å². The first-order valence-electron chi connectivity index (χ1n) is 25.4. The second-order valence-corrected chi connectivity index (χ2v) is 17.9. The zero-order valence-corrected chi connectivity index (χ0v) is 37.9. The fourth-order valence-corrected chi connectivity index (χ4v) is 8.29. The van der Waals surface area contributed by atoms with Crippen molar-refractivity contribution >= 4 is 5.91 Å². The van der Waals surface area contributed by atoms with E-state index in [1.807, 2.05) is 0 Å². The molecular formula is C50H101NO5. The van der Waals surface area contributed by atoms with Gasteiger partial charge in [-0.15, -0.1) is 0 Å². The molecule has 0 rings (SSSR count). The number of nitrogens with one attached hydrogen (secondary N) is 1. The minimum atomic E-state index is -1.25. The normalized spacial score (nSPS) is 13.9. The highest BCUT2D eigenvalue weighted by Gasteiger charge is 2.28. The number of carbonyl (C=O) groups excluding carboxylic acids is 1. The molecule has 0 fully saturated rings. The molecule has 6 nitrogen and oxygen atoms in total. The SMILES string of the molecule is CCCCCCCCCCCCCCCCCCCCCCCCCCCCC(O)C(=O)N[C@@H](CO)[C@H](O)[C@H](O)CCCCCCCCCCCCCCCC. The monoisotopic (exact) mass is 796 g/mol. The molecule has 6 heteroatoms. The maximum absolute atomic E-state index is 12.5. The molecule has 0 radical (unpaired) electrons. The zero-order valence-electron chi connectivity index (χ0n) is 37.9. The molecule has 336 valence electrons. The van der Waals surface area contributed by atoms with E-state index in [0.717, 1.165) is 38.5 Å². The second-order valence-electron chi connectivity index (χ2n) is 17.9. The highest BCUT2D eigenvalue weighted by atomic mass is 16.3. The van der Waals surface area contributed by atoms with E-state index < -0.39 is 36.9 Å². The Hall–Kier alpha value is -0.690. The van der Waals surface area contributed by atoms with Crippen molar-refractivity contribution in [2.24, 2.45) is 0 Å². The van der Waals surface area contributed by atoms with Crippen LogP contribution in [0.25, 0.3) is 0 Å². The molecule has 0 aromatic heterocycles. The molecule has 0 heterocycles. The van der Waals surface area contributed by atoms with Crippen LogP contribution in [-0.2, 0) is 4.79 Å². The van der Waals surface area contributed by atoms with Gasteiger partial charge in [0.05, 0.1) is 18.8 Å². The number of rotatable bonds is 47. The highest BCUT2D eigenvalue weighted by Crippen LogP contribution is 2.18. The Morgan fingerprint density at radius 1 is 0.375 bits per heavy atom. The third kappa shape index (κ3) is 38.8. The van der Waals surface area contributed by atoms with Crippen molar-refractivity contribution in [1.29, 1.82) is 0 Å². The molecule has 5 N–H and O–H groups in total. The van der Waals surface area contributed by atoms with Gasteiger partial charge in [0.1, 0.15) is 12.2 Å². The van der Waals surface area contributed by atoms with Gasteiger partial charge in [-0.1, -0.05) is 271 Å². The minimum absolute atomic E-state index is 0.376. The van der Waals surface area contributed by atoms with Crippen LogP contribution in [0, 0.1) is 0 Å². The molecule has 4 atom stereocenters. The van der Waals surface area contributed by atoms with E-state index in [1.165, 1.54) is 218 Å². The number of carbonyl (C=O) groups is 1. The molecule has 1 amide bonds. The molecule has 1 unspecified atom stereocenters. The molecule has 56 heavy (non-hydrogen) atoms. The Morgan fingerprint density at radius 3 is 0.857 bits per heavy atom. The van der Waals surface area contributed by atoms with E-state index in [9.17, 15) is 25.2 Å². The fourth-order valence-electron chi connectivity index (χ4n) is 8.29. The Bertz CT molecular complexity index is 766.